The van der Waals surface area contributed by atoms with Gasteiger partial charge in [0, 0.05) is 18.8 Å². The first-order chi connectivity index (χ1) is 9.60. The average molecular weight is 277 g/mol. The van der Waals surface area contributed by atoms with Crippen LogP contribution in [0, 0.1) is 0 Å². The molecule has 0 saturated carbocycles. The van der Waals surface area contributed by atoms with E-state index in [0.717, 1.165) is 25.2 Å². The number of likely N-dealkylation sites (tertiary alicyclic amines) is 1. The monoisotopic (exact) mass is 277 g/mol. The average Bonchev–Trinajstić information content (AvgIpc) is 2.47. The number of nitrogens with zero attached hydrogens (tertiary/aromatic N) is 4. The van der Waals surface area contributed by atoms with Gasteiger partial charge in [-0.3, -0.25) is 9.88 Å². The lowest BCUT2D eigenvalue weighted by Crippen LogP contribution is -2.41. The smallest absolute Gasteiger partial charge is 0.188 e. The molecule has 110 valence electrons. The quantitative estimate of drug-likeness (QED) is 0.367. The van der Waals surface area contributed by atoms with Crippen LogP contribution in [0.25, 0.3) is 0 Å². The van der Waals surface area contributed by atoms with Gasteiger partial charge in [0.25, 0.3) is 0 Å². The Balaban J connectivity index is 1.99. The third-order valence-electron chi connectivity index (χ3n) is 3.94. The number of hydrogen-bond donors (Lipinski definition) is 2. The summed E-state index contributed by atoms with van der Waals surface area (Å²) >= 11 is 0. The number of hydrogen-bond acceptors (Lipinski definition) is 5. The van der Waals surface area contributed by atoms with E-state index in [9.17, 15) is 0 Å². The van der Waals surface area contributed by atoms with Crippen molar-refractivity contribution >= 4 is 5.84 Å². The van der Waals surface area contributed by atoms with E-state index in [1.54, 1.807) is 6.20 Å². The van der Waals surface area contributed by atoms with Crippen LogP contribution in [0.1, 0.15) is 24.1 Å². The predicted molar refractivity (Wildman–Crippen MR) is 78.7 cm³/mol. The van der Waals surface area contributed by atoms with Gasteiger partial charge in [0.2, 0.25) is 0 Å². The summed E-state index contributed by atoms with van der Waals surface area (Å²) in [6, 6.07) is 4.46. The second kappa shape index (κ2) is 6.67. The van der Waals surface area contributed by atoms with Gasteiger partial charge in [0.05, 0.1) is 0 Å². The molecule has 0 spiro atoms. The molecule has 1 aromatic rings. The zero-order valence-corrected chi connectivity index (χ0v) is 12.2. The van der Waals surface area contributed by atoms with Crippen LogP contribution >= 0.6 is 0 Å². The van der Waals surface area contributed by atoms with Gasteiger partial charge >= 0.3 is 0 Å². The molecule has 6 nitrogen and oxygen atoms in total. The first kappa shape index (κ1) is 14.7. The molecule has 1 saturated heterocycles. The van der Waals surface area contributed by atoms with E-state index in [4.69, 9.17) is 10.9 Å². The molecule has 1 aromatic heterocycles. The van der Waals surface area contributed by atoms with Crippen LogP contribution < -0.4 is 5.73 Å². The van der Waals surface area contributed by atoms with Gasteiger partial charge in [0.1, 0.15) is 5.69 Å². The topological polar surface area (TPSA) is 78.0 Å². The van der Waals surface area contributed by atoms with Gasteiger partial charge in [-0.15, -0.1) is 0 Å². The number of oxime groups is 1. The van der Waals surface area contributed by atoms with Crippen molar-refractivity contribution in [1.29, 1.82) is 0 Å². The molecule has 0 unspecified atom stereocenters. The van der Waals surface area contributed by atoms with E-state index in [2.05, 4.69) is 34.0 Å². The zero-order chi connectivity index (χ0) is 14.5. The maximum Gasteiger partial charge on any atom is 0.188 e. The Morgan fingerprint density at radius 2 is 2.25 bits per heavy atom. The molecule has 2 rings (SSSR count). The third-order valence-corrected chi connectivity index (χ3v) is 3.94. The first-order valence-electron chi connectivity index (χ1n) is 6.91. The number of rotatable bonds is 4. The number of piperidine rings is 1. The van der Waals surface area contributed by atoms with Crippen molar-refractivity contribution in [2.24, 2.45) is 10.9 Å². The van der Waals surface area contributed by atoms with Crippen molar-refractivity contribution in [3.05, 3.63) is 29.6 Å². The number of amidine groups is 1. The molecular formula is C14H23N5O. The van der Waals surface area contributed by atoms with E-state index in [-0.39, 0.29) is 5.84 Å². The Morgan fingerprint density at radius 3 is 2.90 bits per heavy atom. The van der Waals surface area contributed by atoms with Crippen molar-refractivity contribution in [3.8, 4) is 0 Å². The number of aromatic nitrogens is 1. The fourth-order valence-corrected chi connectivity index (χ4v) is 2.62. The van der Waals surface area contributed by atoms with Crippen molar-refractivity contribution in [2.45, 2.75) is 25.4 Å². The van der Waals surface area contributed by atoms with Gasteiger partial charge in [-0.25, -0.2) is 0 Å². The van der Waals surface area contributed by atoms with Crippen LogP contribution in [-0.4, -0.2) is 59.1 Å². The molecule has 2 heterocycles. The van der Waals surface area contributed by atoms with Gasteiger partial charge < -0.3 is 15.8 Å². The maximum atomic E-state index is 8.70. The van der Waals surface area contributed by atoms with E-state index in [0.29, 0.717) is 11.7 Å². The molecular weight excluding hydrogens is 254 g/mol. The van der Waals surface area contributed by atoms with Crippen LogP contribution in [-0.2, 0) is 6.54 Å². The summed E-state index contributed by atoms with van der Waals surface area (Å²) in [5.41, 5.74) is 7.21. The summed E-state index contributed by atoms with van der Waals surface area (Å²) < 4.78 is 0. The Kier molecular flexibility index (Phi) is 4.92. The molecule has 0 bridgehead atoms. The van der Waals surface area contributed by atoms with E-state index in [1.807, 2.05) is 12.1 Å². The summed E-state index contributed by atoms with van der Waals surface area (Å²) in [4.78, 5) is 8.84. The molecule has 0 atom stereocenters. The van der Waals surface area contributed by atoms with Crippen molar-refractivity contribution < 1.29 is 5.21 Å². The lowest BCUT2D eigenvalue weighted by atomic mass is 10.0. The summed E-state index contributed by atoms with van der Waals surface area (Å²) in [6.07, 6.45) is 4.10. The standard InChI is InChI=1S/C14H23N5O/c1-18-7-4-12(5-8-18)19(2)10-11-3-6-16-13(9-11)14(15)17-20/h3,6,9,12,20H,4-5,7-8,10H2,1-2H3,(H2,15,17). The Bertz CT molecular complexity index is 468. The minimum atomic E-state index is 0.0498. The highest BCUT2D eigenvalue weighted by Crippen LogP contribution is 2.16. The lowest BCUT2D eigenvalue weighted by Gasteiger charge is -2.35. The van der Waals surface area contributed by atoms with Gasteiger partial charge in [-0.2, -0.15) is 0 Å². The summed E-state index contributed by atoms with van der Waals surface area (Å²) in [5, 5.41) is 11.7. The fraction of sp³-hybridized carbons (Fsp3) is 0.571. The highest BCUT2D eigenvalue weighted by atomic mass is 16.4. The minimum Gasteiger partial charge on any atom is -0.409 e. The van der Waals surface area contributed by atoms with Gasteiger partial charge in [0.15, 0.2) is 5.84 Å². The number of pyridine rings is 1. The minimum absolute atomic E-state index is 0.0498. The molecule has 0 aromatic carbocycles. The molecule has 20 heavy (non-hydrogen) atoms. The van der Waals surface area contributed by atoms with Crippen LogP contribution in [0.15, 0.2) is 23.5 Å². The third kappa shape index (κ3) is 3.68. The summed E-state index contributed by atoms with van der Waals surface area (Å²) in [7, 11) is 4.32. The Hall–Kier alpha value is -1.66. The number of nitrogens with two attached hydrogens (primary N) is 1. The van der Waals surface area contributed by atoms with Crippen LogP contribution in [0.4, 0.5) is 0 Å². The second-order valence-electron chi connectivity index (χ2n) is 5.48. The van der Waals surface area contributed by atoms with Crippen molar-refractivity contribution in [3.63, 3.8) is 0 Å². The highest BCUT2D eigenvalue weighted by Gasteiger charge is 2.20. The molecule has 0 aliphatic carbocycles. The molecule has 1 fully saturated rings. The fourth-order valence-electron chi connectivity index (χ4n) is 2.62. The van der Waals surface area contributed by atoms with Gasteiger partial charge in [-0.05, 0) is 57.7 Å². The molecule has 1 aliphatic rings. The normalized spacial score (nSPS) is 18.6. The van der Waals surface area contributed by atoms with Crippen molar-refractivity contribution in [1.82, 2.24) is 14.8 Å². The Morgan fingerprint density at radius 1 is 1.55 bits per heavy atom. The molecule has 6 heteroatoms. The van der Waals surface area contributed by atoms with Crippen LogP contribution in [0.3, 0.4) is 0 Å². The second-order valence-corrected chi connectivity index (χ2v) is 5.48. The molecule has 0 amide bonds. The largest absolute Gasteiger partial charge is 0.409 e. The van der Waals surface area contributed by atoms with Crippen LogP contribution in [0.5, 0.6) is 0 Å². The lowest BCUT2D eigenvalue weighted by molar-refractivity contribution is 0.139. The van der Waals surface area contributed by atoms with Gasteiger partial charge in [-0.1, -0.05) is 5.16 Å². The predicted octanol–water partition coefficient (Wildman–Crippen LogP) is 0.702. The summed E-state index contributed by atoms with van der Waals surface area (Å²) in [6.45, 7) is 3.16. The van der Waals surface area contributed by atoms with E-state index >= 15 is 0 Å². The highest BCUT2D eigenvalue weighted by molar-refractivity contribution is 5.95. The molecule has 3 N–H and O–H groups in total. The molecule has 0 radical (unpaired) electrons. The van der Waals surface area contributed by atoms with Crippen LogP contribution in [0.2, 0.25) is 0 Å². The summed E-state index contributed by atoms with van der Waals surface area (Å²) in [5.74, 6) is 0.0498. The SMILES string of the molecule is CN1CCC(N(C)Cc2ccnc(C(N)=NO)c2)CC1. The van der Waals surface area contributed by atoms with E-state index < -0.39 is 0 Å². The zero-order valence-electron chi connectivity index (χ0n) is 12.2. The van der Waals surface area contributed by atoms with Crippen molar-refractivity contribution in [2.75, 3.05) is 27.2 Å². The maximum absolute atomic E-state index is 8.70. The first-order valence-corrected chi connectivity index (χ1v) is 6.91. The Labute approximate surface area is 119 Å². The molecule has 1 aliphatic heterocycles. The van der Waals surface area contributed by atoms with E-state index in [1.165, 1.54) is 12.8 Å².